The monoisotopic (exact) mass is 164 g/mol. The number of carboxylic acid groups (broad SMARTS) is 1. The van der Waals surface area contributed by atoms with Gasteiger partial charge in [-0.25, -0.2) is 9.59 Å². The lowest BCUT2D eigenvalue weighted by Gasteiger charge is -1.91. The Labute approximate surface area is 67.4 Å². The first-order valence-corrected chi connectivity index (χ1v) is 3.27. The fraction of sp³-hybridized carbons (Fsp3) is 0. The van der Waals surface area contributed by atoms with Gasteiger partial charge in [-0.3, -0.25) is 0 Å². The number of rotatable bonds is 1. The van der Waals surface area contributed by atoms with Crippen molar-refractivity contribution in [1.82, 2.24) is 0 Å². The highest BCUT2D eigenvalue weighted by molar-refractivity contribution is 5.97. The minimum atomic E-state index is -1.02. The van der Waals surface area contributed by atoms with Crippen molar-refractivity contribution in [3.63, 3.8) is 0 Å². The van der Waals surface area contributed by atoms with Crippen LogP contribution in [-0.4, -0.2) is 17.0 Å². The third kappa shape index (κ3) is 0.852. The number of hydrogen-bond acceptors (Lipinski definition) is 3. The van der Waals surface area contributed by atoms with Crippen LogP contribution in [0.2, 0.25) is 0 Å². The van der Waals surface area contributed by atoms with E-state index in [4.69, 9.17) is 5.11 Å². The van der Waals surface area contributed by atoms with E-state index < -0.39 is 11.9 Å². The number of fused-ring (bicyclic) bond motifs is 1. The Morgan fingerprint density at radius 1 is 1.33 bits per heavy atom. The molecule has 0 fully saturated rings. The summed E-state index contributed by atoms with van der Waals surface area (Å²) in [6.07, 6.45) is 4.00. The number of carboxylic acids is 1. The molecule has 12 heavy (non-hydrogen) atoms. The predicted octanol–water partition coefficient (Wildman–Crippen LogP) is 0.378. The molecule has 0 saturated heterocycles. The summed E-state index contributed by atoms with van der Waals surface area (Å²) in [5.41, 5.74) is 0.682. The molecule has 1 aliphatic carbocycles. The van der Waals surface area contributed by atoms with Crippen molar-refractivity contribution in [3.8, 4) is 0 Å². The molecule has 4 heteroatoms. The lowest BCUT2D eigenvalue weighted by Crippen LogP contribution is -1.96. The predicted molar refractivity (Wildman–Crippen MR) is 38.0 cm³/mol. The molecule has 0 atom stereocenters. The van der Waals surface area contributed by atoms with E-state index in [0.29, 0.717) is 11.3 Å². The van der Waals surface area contributed by atoms with Gasteiger partial charge in [0.05, 0.1) is 5.57 Å². The fourth-order valence-corrected chi connectivity index (χ4v) is 1.09. The highest BCUT2D eigenvalue weighted by Gasteiger charge is 2.25. The first-order valence-electron chi connectivity index (χ1n) is 3.27. The number of ether oxygens (including phenoxy) is 1. The van der Waals surface area contributed by atoms with E-state index in [9.17, 15) is 9.59 Å². The molecule has 0 unspecified atom stereocenters. The van der Waals surface area contributed by atoms with Crippen LogP contribution < -0.4 is 0 Å². The van der Waals surface area contributed by atoms with Crippen molar-refractivity contribution in [2.24, 2.45) is 0 Å². The number of carbonyl (C=O) groups is 2. The molecule has 0 aromatic carbocycles. The molecule has 2 rings (SSSR count). The van der Waals surface area contributed by atoms with Crippen molar-refractivity contribution >= 4 is 11.9 Å². The van der Waals surface area contributed by atoms with Gasteiger partial charge >= 0.3 is 11.9 Å². The van der Waals surface area contributed by atoms with Gasteiger partial charge in [0.25, 0.3) is 0 Å². The maximum absolute atomic E-state index is 10.6. The van der Waals surface area contributed by atoms with Crippen LogP contribution >= 0.6 is 0 Å². The second kappa shape index (κ2) is 2.07. The standard InChI is InChI=1S/C8H4O4/c9-7-3-4-1-5(8(10)11)2-6(4)12-7/h1-3H,(H,10,11). The van der Waals surface area contributed by atoms with Gasteiger partial charge in [0, 0.05) is 11.6 Å². The summed E-state index contributed by atoms with van der Waals surface area (Å²) in [5, 5.41) is 8.55. The molecule has 0 radical (unpaired) electrons. The molecule has 1 heterocycles. The smallest absolute Gasteiger partial charge is 0.336 e. The van der Waals surface area contributed by atoms with E-state index in [0.717, 1.165) is 0 Å². The summed E-state index contributed by atoms with van der Waals surface area (Å²) in [6, 6.07) is 0. The lowest BCUT2D eigenvalue weighted by atomic mass is 10.2. The van der Waals surface area contributed by atoms with Gasteiger partial charge in [-0.1, -0.05) is 0 Å². The third-order valence-electron chi connectivity index (χ3n) is 1.61. The second-order valence-electron chi connectivity index (χ2n) is 2.43. The average molecular weight is 164 g/mol. The topological polar surface area (TPSA) is 63.6 Å². The molecule has 0 aromatic rings. The van der Waals surface area contributed by atoms with E-state index in [1.54, 1.807) is 0 Å². The Morgan fingerprint density at radius 2 is 2.08 bits per heavy atom. The van der Waals surface area contributed by atoms with E-state index in [-0.39, 0.29) is 5.57 Å². The Balaban J connectivity index is 2.40. The highest BCUT2D eigenvalue weighted by Crippen LogP contribution is 2.29. The Bertz CT molecular complexity index is 368. The molecular weight excluding hydrogens is 160 g/mol. The third-order valence-corrected chi connectivity index (χ3v) is 1.61. The second-order valence-corrected chi connectivity index (χ2v) is 2.43. The van der Waals surface area contributed by atoms with Crippen LogP contribution in [0.1, 0.15) is 0 Å². The normalized spacial score (nSPS) is 19.3. The van der Waals surface area contributed by atoms with Crippen LogP contribution in [0.5, 0.6) is 0 Å². The van der Waals surface area contributed by atoms with Crippen molar-refractivity contribution < 1.29 is 19.4 Å². The molecule has 1 aliphatic heterocycles. The maximum atomic E-state index is 10.6. The van der Waals surface area contributed by atoms with Gasteiger partial charge < -0.3 is 9.84 Å². The molecule has 4 nitrogen and oxygen atoms in total. The van der Waals surface area contributed by atoms with Crippen LogP contribution in [0.25, 0.3) is 0 Å². The summed E-state index contributed by atoms with van der Waals surface area (Å²) < 4.78 is 4.68. The van der Waals surface area contributed by atoms with Gasteiger partial charge in [-0.2, -0.15) is 0 Å². The molecule has 0 bridgehead atoms. The average Bonchev–Trinajstić information content (AvgIpc) is 2.42. The van der Waals surface area contributed by atoms with E-state index in [2.05, 4.69) is 4.74 Å². The quantitative estimate of drug-likeness (QED) is 0.569. The molecule has 2 aliphatic rings. The fourth-order valence-electron chi connectivity index (χ4n) is 1.09. The Morgan fingerprint density at radius 3 is 2.67 bits per heavy atom. The van der Waals surface area contributed by atoms with E-state index in [1.807, 2.05) is 0 Å². The van der Waals surface area contributed by atoms with Crippen molar-refractivity contribution in [2.75, 3.05) is 0 Å². The lowest BCUT2D eigenvalue weighted by molar-refractivity contribution is -0.133. The van der Waals surface area contributed by atoms with Crippen molar-refractivity contribution in [1.29, 1.82) is 0 Å². The molecule has 60 valence electrons. The SMILES string of the molecule is O=C1C=C2C=C(C(=O)O)C=C2O1. The van der Waals surface area contributed by atoms with Crippen molar-refractivity contribution in [2.45, 2.75) is 0 Å². The highest BCUT2D eigenvalue weighted by atomic mass is 16.5. The molecule has 0 aromatic heterocycles. The van der Waals surface area contributed by atoms with Crippen LogP contribution in [-0.2, 0) is 14.3 Å². The Kier molecular flexibility index (Phi) is 1.18. The van der Waals surface area contributed by atoms with Crippen molar-refractivity contribution in [3.05, 3.63) is 35.1 Å². The molecule has 0 amide bonds. The zero-order chi connectivity index (χ0) is 8.72. The van der Waals surface area contributed by atoms with E-state index >= 15 is 0 Å². The zero-order valence-electron chi connectivity index (χ0n) is 5.90. The Hall–Kier alpha value is -1.84. The summed E-state index contributed by atoms with van der Waals surface area (Å²) in [7, 11) is 0. The zero-order valence-corrected chi connectivity index (χ0v) is 5.90. The van der Waals surface area contributed by atoms with Crippen LogP contribution in [0.15, 0.2) is 35.1 Å². The van der Waals surface area contributed by atoms with Gasteiger partial charge in [-0.15, -0.1) is 0 Å². The van der Waals surface area contributed by atoms with Gasteiger partial charge in [0.1, 0.15) is 5.76 Å². The van der Waals surface area contributed by atoms with Crippen LogP contribution in [0.4, 0.5) is 0 Å². The number of carbonyl (C=O) groups excluding carboxylic acids is 1. The van der Waals surface area contributed by atoms with E-state index in [1.165, 1.54) is 18.2 Å². The van der Waals surface area contributed by atoms with Gasteiger partial charge in [0.2, 0.25) is 0 Å². The largest absolute Gasteiger partial charge is 0.478 e. The molecule has 1 N–H and O–H groups in total. The molecular formula is C8H4O4. The minimum Gasteiger partial charge on any atom is -0.478 e. The number of allylic oxidation sites excluding steroid dienone is 1. The maximum Gasteiger partial charge on any atom is 0.336 e. The summed E-state index contributed by atoms with van der Waals surface area (Å²) in [6.45, 7) is 0. The first kappa shape index (κ1) is 6.84. The number of aliphatic carboxylic acids is 1. The number of esters is 1. The van der Waals surface area contributed by atoms with Crippen LogP contribution in [0, 0.1) is 0 Å². The first-order chi connectivity index (χ1) is 5.66. The molecule has 0 spiro atoms. The summed E-state index contributed by atoms with van der Waals surface area (Å²) in [4.78, 5) is 21.1. The minimum absolute atomic E-state index is 0.142. The van der Waals surface area contributed by atoms with Crippen LogP contribution in [0.3, 0.4) is 0 Å². The summed E-state index contributed by atoms with van der Waals surface area (Å²) in [5.74, 6) is -1.14. The van der Waals surface area contributed by atoms with Gasteiger partial charge in [0.15, 0.2) is 0 Å². The number of hydrogen-bond donors (Lipinski definition) is 1. The summed E-state index contributed by atoms with van der Waals surface area (Å²) >= 11 is 0. The van der Waals surface area contributed by atoms with Gasteiger partial charge in [-0.05, 0) is 12.2 Å². The molecule has 0 saturated carbocycles.